The van der Waals surface area contributed by atoms with Crippen molar-refractivity contribution in [3.05, 3.63) is 12.7 Å². The van der Waals surface area contributed by atoms with E-state index in [2.05, 4.69) is 12.5 Å². The molecule has 38 valence electrons. The molecule has 0 fully saturated rings. The summed E-state index contributed by atoms with van der Waals surface area (Å²) in [5.41, 5.74) is 0. The molecule has 1 atom stereocenters. The minimum Gasteiger partial charge on any atom is -0.119 e. The Morgan fingerprint density at radius 2 is 2.57 bits per heavy atom. The number of allylic oxidation sites excluding steroid dienone is 1. The van der Waals surface area contributed by atoms with Gasteiger partial charge in [-0.15, -0.1) is 13.0 Å². The van der Waals surface area contributed by atoms with Crippen LogP contribution in [0, 0.1) is 18.3 Å². The molecule has 0 aliphatic heterocycles. The summed E-state index contributed by atoms with van der Waals surface area (Å²) in [6.45, 7) is 5.61. The molecule has 0 aromatic rings. The van der Waals surface area contributed by atoms with Crippen molar-refractivity contribution in [1.29, 1.82) is 0 Å². The van der Waals surface area contributed by atoms with E-state index in [1.54, 1.807) is 6.08 Å². The van der Waals surface area contributed by atoms with Gasteiger partial charge in [0.25, 0.3) is 0 Å². The lowest BCUT2D eigenvalue weighted by atomic mass is 10.1. The summed E-state index contributed by atoms with van der Waals surface area (Å²) in [4.78, 5) is 0. The van der Waals surface area contributed by atoms with Crippen LogP contribution < -0.4 is 0 Å². The first kappa shape index (κ1) is 6.30. The van der Waals surface area contributed by atoms with Crippen LogP contribution >= 0.6 is 0 Å². The summed E-state index contributed by atoms with van der Waals surface area (Å²) in [6, 6.07) is 0. The van der Waals surface area contributed by atoms with Gasteiger partial charge in [0.1, 0.15) is 0 Å². The molecule has 0 bridgehead atoms. The molecule has 0 saturated heterocycles. The van der Waals surface area contributed by atoms with E-state index in [-0.39, 0.29) is 5.92 Å². The molecule has 0 nitrogen and oxygen atoms in total. The quantitative estimate of drug-likeness (QED) is 0.362. The molecule has 0 heteroatoms. The van der Waals surface area contributed by atoms with Gasteiger partial charge in [0.2, 0.25) is 0 Å². The SMILES string of the molecule is C#CC(C=C)CC. The lowest BCUT2D eigenvalue weighted by molar-refractivity contribution is 0.803. The van der Waals surface area contributed by atoms with E-state index >= 15 is 0 Å². The van der Waals surface area contributed by atoms with Gasteiger partial charge in [-0.1, -0.05) is 18.9 Å². The number of hydrogen-bond donors (Lipinski definition) is 0. The van der Waals surface area contributed by atoms with Gasteiger partial charge in [-0.2, -0.15) is 0 Å². The molecule has 0 amide bonds. The molecule has 0 aliphatic rings. The van der Waals surface area contributed by atoms with Crippen LogP contribution in [0.3, 0.4) is 0 Å². The van der Waals surface area contributed by atoms with E-state index in [0.717, 1.165) is 6.42 Å². The smallest absolute Gasteiger partial charge is 0.0374 e. The highest BCUT2D eigenvalue weighted by molar-refractivity contribution is 5.01. The van der Waals surface area contributed by atoms with Gasteiger partial charge in [-0.25, -0.2) is 0 Å². The normalized spacial score (nSPS) is 12.0. The van der Waals surface area contributed by atoms with Crippen molar-refractivity contribution in [3.63, 3.8) is 0 Å². The molecule has 0 aromatic carbocycles. The fourth-order valence-corrected chi connectivity index (χ4v) is 0.353. The molecule has 0 aliphatic carbocycles. The third-order valence-electron chi connectivity index (χ3n) is 0.938. The van der Waals surface area contributed by atoms with Crippen molar-refractivity contribution in [3.8, 4) is 12.3 Å². The zero-order chi connectivity index (χ0) is 5.70. The Labute approximate surface area is 45.2 Å². The molecule has 0 N–H and O–H groups in total. The van der Waals surface area contributed by atoms with E-state index in [1.807, 2.05) is 6.92 Å². The minimum absolute atomic E-state index is 0.278. The second kappa shape index (κ2) is 3.49. The minimum atomic E-state index is 0.278. The van der Waals surface area contributed by atoms with Crippen LogP contribution in [0.15, 0.2) is 12.7 Å². The van der Waals surface area contributed by atoms with Gasteiger partial charge in [0, 0.05) is 5.92 Å². The average Bonchev–Trinajstić information content (AvgIpc) is 1.72. The van der Waals surface area contributed by atoms with Crippen molar-refractivity contribution in [1.82, 2.24) is 0 Å². The Balaban J connectivity index is 3.43. The molecule has 1 unspecified atom stereocenters. The molecular weight excluding hydrogens is 84.1 g/mol. The van der Waals surface area contributed by atoms with E-state index in [4.69, 9.17) is 6.42 Å². The molecule has 0 radical (unpaired) electrons. The van der Waals surface area contributed by atoms with Crippen molar-refractivity contribution in [2.75, 3.05) is 0 Å². The largest absolute Gasteiger partial charge is 0.119 e. The Morgan fingerprint density at radius 1 is 2.00 bits per heavy atom. The lowest BCUT2D eigenvalue weighted by Gasteiger charge is -1.93. The van der Waals surface area contributed by atoms with Crippen LogP contribution in [0.5, 0.6) is 0 Å². The zero-order valence-electron chi connectivity index (χ0n) is 4.65. The van der Waals surface area contributed by atoms with Crippen molar-refractivity contribution >= 4 is 0 Å². The Hall–Kier alpha value is -0.700. The molecule has 0 saturated carbocycles. The first-order valence-electron chi connectivity index (χ1n) is 2.43. The highest BCUT2D eigenvalue weighted by Crippen LogP contribution is 1.98. The first-order valence-corrected chi connectivity index (χ1v) is 2.43. The average molecular weight is 94.2 g/mol. The van der Waals surface area contributed by atoms with Crippen LogP contribution in [-0.4, -0.2) is 0 Å². The third-order valence-corrected chi connectivity index (χ3v) is 0.938. The summed E-state index contributed by atoms with van der Waals surface area (Å²) in [5.74, 6) is 2.86. The second-order valence-electron chi connectivity index (χ2n) is 1.42. The fourth-order valence-electron chi connectivity index (χ4n) is 0.353. The maximum absolute atomic E-state index is 5.07. The number of terminal acetylenes is 1. The molecule has 0 spiro atoms. The highest BCUT2D eigenvalue weighted by Gasteiger charge is 1.89. The van der Waals surface area contributed by atoms with E-state index in [0.29, 0.717) is 0 Å². The third kappa shape index (κ3) is 2.05. The summed E-state index contributed by atoms with van der Waals surface area (Å²) >= 11 is 0. The van der Waals surface area contributed by atoms with E-state index in [9.17, 15) is 0 Å². The standard InChI is InChI=1S/C7H10/c1-4-7(5-2)6-3/h1,5,7H,2,6H2,3H3. The topological polar surface area (TPSA) is 0 Å². The van der Waals surface area contributed by atoms with Crippen LogP contribution in [0.4, 0.5) is 0 Å². The summed E-state index contributed by atoms with van der Waals surface area (Å²) in [7, 11) is 0. The van der Waals surface area contributed by atoms with E-state index < -0.39 is 0 Å². The van der Waals surface area contributed by atoms with Crippen LogP contribution in [0.1, 0.15) is 13.3 Å². The van der Waals surface area contributed by atoms with Gasteiger partial charge in [-0.05, 0) is 6.42 Å². The van der Waals surface area contributed by atoms with Gasteiger partial charge in [0.15, 0.2) is 0 Å². The molecule has 7 heavy (non-hydrogen) atoms. The molecule has 0 heterocycles. The number of hydrogen-bond acceptors (Lipinski definition) is 0. The Bertz CT molecular complexity index is 84.7. The summed E-state index contributed by atoms with van der Waals surface area (Å²) in [6.07, 6.45) is 7.86. The maximum atomic E-state index is 5.07. The van der Waals surface area contributed by atoms with Gasteiger partial charge < -0.3 is 0 Å². The fraction of sp³-hybridized carbons (Fsp3) is 0.429. The predicted molar refractivity (Wildman–Crippen MR) is 32.8 cm³/mol. The lowest BCUT2D eigenvalue weighted by Crippen LogP contribution is -1.84. The predicted octanol–water partition coefficient (Wildman–Crippen LogP) is 1.83. The van der Waals surface area contributed by atoms with Crippen LogP contribution in [-0.2, 0) is 0 Å². The van der Waals surface area contributed by atoms with E-state index in [1.165, 1.54) is 0 Å². The van der Waals surface area contributed by atoms with Crippen LogP contribution in [0.2, 0.25) is 0 Å². The Kier molecular flexibility index (Phi) is 3.14. The summed E-state index contributed by atoms with van der Waals surface area (Å²) in [5, 5.41) is 0. The highest BCUT2D eigenvalue weighted by atomic mass is 13.9. The van der Waals surface area contributed by atoms with Crippen molar-refractivity contribution in [2.24, 2.45) is 5.92 Å². The molecule has 0 rings (SSSR count). The second-order valence-corrected chi connectivity index (χ2v) is 1.42. The molecule has 0 aromatic heterocycles. The maximum Gasteiger partial charge on any atom is 0.0374 e. The Morgan fingerprint density at radius 3 is 2.57 bits per heavy atom. The molecular formula is C7H10. The number of rotatable bonds is 2. The van der Waals surface area contributed by atoms with Crippen molar-refractivity contribution < 1.29 is 0 Å². The summed E-state index contributed by atoms with van der Waals surface area (Å²) < 4.78 is 0. The van der Waals surface area contributed by atoms with Crippen molar-refractivity contribution in [2.45, 2.75) is 13.3 Å². The van der Waals surface area contributed by atoms with Gasteiger partial charge >= 0.3 is 0 Å². The van der Waals surface area contributed by atoms with Gasteiger partial charge in [-0.3, -0.25) is 0 Å². The van der Waals surface area contributed by atoms with Crippen LogP contribution in [0.25, 0.3) is 0 Å². The first-order chi connectivity index (χ1) is 3.35. The van der Waals surface area contributed by atoms with Gasteiger partial charge in [0.05, 0.1) is 0 Å². The monoisotopic (exact) mass is 94.1 g/mol. The zero-order valence-corrected chi connectivity index (χ0v) is 4.65.